The molecular weight excluding hydrogens is 422 g/mol. The quantitative estimate of drug-likeness (QED) is 0.455. The summed E-state index contributed by atoms with van der Waals surface area (Å²) in [6.07, 6.45) is 7.26. The molecule has 0 amide bonds. The molecule has 1 N–H and O–H groups in total. The van der Waals surface area contributed by atoms with Crippen molar-refractivity contribution in [3.05, 3.63) is 89.7 Å². The molecule has 0 saturated carbocycles. The van der Waals surface area contributed by atoms with Crippen LogP contribution in [-0.4, -0.2) is 52.7 Å². The van der Waals surface area contributed by atoms with Gasteiger partial charge in [0.05, 0.1) is 6.61 Å². The number of benzene rings is 2. The predicted octanol–water partition coefficient (Wildman–Crippen LogP) is 5.14. The number of aromatic nitrogens is 1. The van der Waals surface area contributed by atoms with Crippen molar-refractivity contribution in [1.82, 2.24) is 14.8 Å². The number of nitrogens with zero attached hydrogens (tertiary/aromatic N) is 3. The summed E-state index contributed by atoms with van der Waals surface area (Å²) in [5.41, 5.74) is 3.85. The van der Waals surface area contributed by atoms with E-state index in [4.69, 9.17) is 4.74 Å². The van der Waals surface area contributed by atoms with E-state index in [-0.39, 0.29) is 5.75 Å². The van der Waals surface area contributed by atoms with Crippen LogP contribution in [-0.2, 0) is 19.5 Å². The van der Waals surface area contributed by atoms with E-state index in [1.54, 1.807) is 6.07 Å². The maximum absolute atomic E-state index is 10.00. The molecule has 5 heteroatoms. The van der Waals surface area contributed by atoms with Crippen molar-refractivity contribution in [2.24, 2.45) is 5.92 Å². The third kappa shape index (κ3) is 6.58. The van der Waals surface area contributed by atoms with Crippen LogP contribution in [0.3, 0.4) is 0 Å². The summed E-state index contributed by atoms with van der Waals surface area (Å²) >= 11 is 0. The van der Waals surface area contributed by atoms with E-state index in [1.165, 1.54) is 29.5 Å². The molecule has 180 valence electrons. The second kappa shape index (κ2) is 12.0. The third-order valence-electron chi connectivity index (χ3n) is 6.92. The molecule has 3 aromatic rings. The van der Waals surface area contributed by atoms with Gasteiger partial charge >= 0.3 is 0 Å². The van der Waals surface area contributed by atoms with E-state index in [0.29, 0.717) is 24.3 Å². The zero-order chi connectivity index (χ0) is 23.8. The highest BCUT2D eigenvalue weighted by atomic mass is 16.5. The predicted molar refractivity (Wildman–Crippen MR) is 137 cm³/mol. The monoisotopic (exact) mass is 459 g/mol. The molecule has 0 bridgehead atoms. The van der Waals surface area contributed by atoms with Crippen LogP contribution < -0.4 is 4.74 Å². The number of likely N-dealkylation sites (tertiary alicyclic amines) is 1. The van der Waals surface area contributed by atoms with E-state index in [2.05, 4.69) is 58.2 Å². The first-order valence-electron chi connectivity index (χ1n) is 12.4. The summed E-state index contributed by atoms with van der Waals surface area (Å²) in [7, 11) is 2.26. The summed E-state index contributed by atoms with van der Waals surface area (Å²) in [5.74, 6) is 1.44. The first-order valence-corrected chi connectivity index (χ1v) is 12.4. The standard InChI is InChI=1S/C29H37N3O2/c1-3-34-29-19-24(11-12-28(29)33)22-32-16-13-26(14-17-32)27(18-23-8-5-4-6-9-23)31(2)21-25-10-7-15-30-20-25/h4-12,15,19-20,26-27,33H,3,13-14,16-18,21-22H2,1-2H3/t27-/m0/s1. The molecule has 34 heavy (non-hydrogen) atoms. The normalized spacial score (nSPS) is 16.0. The fourth-order valence-corrected chi connectivity index (χ4v) is 5.12. The van der Waals surface area contributed by atoms with E-state index in [1.807, 2.05) is 37.5 Å². The molecule has 0 radical (unpaired) electrons. The Bertz CT molecular complexity index is 1000. The molecule has 1 atom stereocenters. The lowest BCUT2D eigenvalue weighted by atomic mass is 9.84. The van der Waals surface area contributed by atoms with Crippen LogP contribution in [0.2, 0.25) is 0 Å². The Hall–Kier alpha value is -2.89. The van der Waals surface area contributed by atoms with Gasteiger partial charge < -0.3 is 9.84 Å². The highest BCUT2D eigenvalue weighted by Crippen LogP contribution is 2.30. The first-order chi connectivity index (χ1) is 16.6. The van der Waals surface area contributed by atoms with Crippen LogP contribution in [0.4, 0.5) is 0 Å². The Morgan fingerprint density at radius 1 is 1.03 bits per heavy atom. The molecule has 4 rings (SSSR count). The van der Waals surface area contributed by atoms with Gasteiger partial charge in [-0.15, -0.1) is 0 Å². The number of ether oxygens (including phenoxy) is 1. The Balaban J connectivity index is 1.40. The van der Waals surface area contributed by atoms with E-state index >= 15 is 0 Å². The molecule has 1 aliphatic heterocycles. The highest BCUT2D eigenvalue weighted by Gasteiger charge is 2.29. The topological polar surface area (TPSA) is 48.8 Å². The molecule has 2 heterocycles. The van der Waals surface area contributed by atoms with Gasteiger partial charge in [0.25, 0.3) is 0 Å². The number of hydrogen-bond donors (Lipinski definition) is 1. The van der Waals surface area contributed by atoms with Gasteiger partial charge in [0.2, 0.25) is 0 Å². The molecule has 1 fully saturated rings. The Morgan fingerprint density at radius 2 is 1.79 bits per heavy atom. The minimum Gasteiger partial charge on any atom is -0.504 e. The van der Waals surface area contributed by atoms with Gasteiger partial charge in [-0.25, -0.2) is 0 Å². The van der Waals surface area contributed by atoms with Crippen molar-refractivity contribution < 1.29 is 9.84 Å². The fraction of sp³-hybridized carbons (Fsp3) is 0.414. The van der Waals surface area contributed by atoms with Crippen LogP contribution in [0.15, 0.2) is 73.1 Å². The molecule has 5 nitrogen and oxygen atoms in total. The first kappa shape index (κ1) is 24.2. The van der Waals surface area contributed by atoms with Crippen molar-refractivity contribution in [2.75, 3.05) is 26.7 Å². The minimum atomic E-state index is 0.213. The number of phenols is 1. The Morgan fingerprint density at radius 3 is 2.50 bits per heavy atom. The molecule has 2 aromatic carbocycles. The molecule has 1 aliphatic rings. The fourth-order valence-electron chi connectivity index (χ4n) is 5.12. The number of hydrogen-bond acceptors (Lipinski definition) is 5. The van der Waals surface area contributed by atoms with Crippen LogP contribution in [0.5, 0.6) is 11.5 Å². The zero-order valence-corrected chi connectivity index (χ0v) is 20.4. The van der Waals surface area contributed by atoms with Gasteiger partial charge in [-0.1, -0.05) is 42.5 Å². The third-order valence-corrected chi connectivity index (χ3v) is 6.92. The summed E-state index contributed by atoms with van der Waals surface area (Å²) in [4.78, 5) is 9.36. The molecule has 1 aromatic heterocycles. The van der Waals surface area contributed by atoms with E-state index < -0.39 is 0 Å². The van der Waals surface area contributed by atoms with Gasteiger partial charge in [0.1, 0.15) is 0 Å². The van der Waals surface area contributed by atoms with Crippen LogP contribution in [0.1, 0.15) is 36.5 Å². The van der Waals surface area contributed by atoms with Crippen molar-refractivity contribution >= 4 is 0 Å². The van der Waals surface area contributed by atoms with E-state index in [0.717, 1.165) is 32.6 Å². The lowest BCUT2D eigenvalue weighted by Crippen LogP contribution is -2.44. The van der Waals surface area contributed by atoms with Crippen LogP contribution >= 0.6 is 0 Å². The van der Waals surface area contributed by atoms with Gasteiger partial charge in [-0.2, -0.15) is 0 Å². The van der Waals surface area contributed by atoms with Gasteiger partial charge in [0, 0.05) is 31.5 Å². The maximum atomic E-state index is 10.00. The number of aromatic hydroxyl groups is 1. The number of likely N-dealkylation sites (N-methyl/N-ethyl adjacent to an activating group) is 1. The molecular formula is C29H37N3O2. The lowest BCUT2D eigenvalue weighted by Gasteiger charge is -2.40. The van der Waals surface area contributed by atoms with Gasteiger partial charge in [-0.05, 0) is 87.1 Å². The second-order valence-corrected chi connectivity index (χ2v) is 9.38. The van der Waals surface area contributed by atoms with Gasteiger partial charge in [-0.3, -0.25) is 14.8 Å². The molecule has 0 spiro atoms. The SMILES string of the molecule is CCOc1cc(CN2CCC([C@H](Cc3ccccc3)N(C)Cc3cccnc3)CC2)ccc1O. The summed E-state index contributed by atoms with van der Waals surface area (Å²) in [6.45, 7) is 6.47. The number of pyridine rings is 1. The molecule has 0 unspecified atom stereocenters. The average Bonchev–Trinajstić information content (AvgIpc) is 2.86. The Labute approximate surface area is 204 Å². The smallest absolute Gasteiger partial charge is 0.161 e. The Kier molecular flexibility index (Phi) is 8.56. The number of phenolic OH excluding ortho intramolecular Hbond substituents is 1. The van der Waals surface area contributed by atoms with Crippen LogP contribution in [0.25, 0.3) is 0 Å². The maximum Gasteiger partial charge on any atom is 0.161 e. The lowest BCUT2D eigenvalue weighted by molar-refractivity contribution is 0.0953. The second-order valence-electron chi connectivity index (χ2n) is 9.38. The molecule has 1 saturated heterocycles. The largest absolute Gasteiger partial charge is 0.504 e. The van der Waals surface area contributed by atoms with Crippen molar-refractivity contribution in [3.8, 4) is 11.5 Å². The average molecular weight is 460 g/mol. The van der Waals surface area contributed by atoms with Gasteiger partial charge in [0.15, 0.2) is 11.5 Å². The van der Waals surface area contributed by atoms with Crippen molar-refractivity contribution in [1.29, 1.82) is 0 Å². The van der Waals surface area contributed by atoms with Crippen molar-refractivity contribution in [2.45, 2.75) is 45.3 Å². The number of piperidine rings is 1. The zero-order valence-electron chi connectivity index (χ0n) is 20.4. The summed E-state index contributed by atoms with van der Waals surface area (Å²) in [5, 5.41) is 10.00. The highest BCUT2D eigenvalue weighted by molar-refractivity contribution is 5.41. The molecule has 0 aliphatic carbocycles. The summed E-state index contributed by atoms with van der Waals surface area (Å²) in [6, 6.07) is 21.3. The van der Waals surface area contributed by atoms with Crippen molar-refractivity contribution in [3.63, 3.8) is 0 Å². The minimum absolute atomic E-state index is 0.213. The summed E-state index contributed by atoms with van der Waals surface area (Å²) < 4.78 is 5.57. The van der Waals surface area contributed by atoms with E-state index in [9.17, 15) is 5.11 Å². The van der Waals surface area contributed by atoms with Crippen LogP contribution in [0, 0.1) is 5.92 Å². The number of rotatable bonds is 10.